The molecule has 0 aromatic heterocycles. The van der Waals surface area contributed by atoms with Crippen molar-refractivity contribution in [3.05, 3.63) is 49.6 Å². The van der Waals surface area contributed by atoms with E-state index < -0.39 is 53.6 Å². The first kappa shape index (κ1) is 23.8. The minimum absolute atomic E-state index is 0.00694. The Balaban J connectivity index is 2.12. The Bertz CT molecular complexity index is 848. The lowest BCUT2D eigenvalue weighted by Crippen LogP contribution is -2.41. The molecule has 1 heterocycles. The molecule has 0 radical (unpaired) electrons. The van der Waals surface area contributed by atoms with Gasteiger partial charge in [0.15, 0.2) is 6.23 Å². The number of carbonyl (C=O) groups excluding carboxylic acids is 2. The van der Waals surface area contributed by atoms with Gasteiger partial charge in [0.2, 0.25) is 0 Å². The number of fused-ring (bicyclic) bond motifs is 1. The average molecular weight is 442 g/mol. The number of hydrogen-bond acceptors (Lipinski definition) is 11. The Hall–Kier alpha value is -3.52. The van der Waals surface area contributed by atoms with E-state index in [9.17, 15) is 34.9 Å². The van der Waals surface area contributed by atoms with Gasteiger partial charge in [0.1, 0.15) is 24.6 Å². The maximum absolute atomic E-state index is 12.6. The smallest absolute Gasteiger partial charge is 0.294 e. The summed E-state index contributed by atoms with van der Waals surface area (Å²) in [5.41, 5.74) is 5.77. The van der Waals surface area contributed by atoms with Crippen LogP contribution in [-0.2, 0) is 9.68 Å². The lowest BCUT2D eigenvalue weighted by molar-refractivity contribution is -0.789. The molecule has 1 aliphatic rings. The highest BCUT2D eigenvalue weighted by Crippen LogP contribution is 2.28. The van der Waals surface area contributed by atoms with Crippen LogP contribution in [0.5, 0.6) is 5.75 Å². The Morgan fingerprint density at radius 3 is 2.45 bits per heavy atom. The number of benzene rings is 1. The van der Waals surface area contributed by atoms with Gasteiger partial charge in [0.05, 0.1) is 17.7 Å². The molecular formula is C17H22N4O10. The molecule has 0 saturated carbocycles. The highest BCUT2D eigenvalue weighted by Gasteiger charge is 2.38. The van der Waals surface area contributed by atoms with Crippen LogP contribution in [0.3, 0.4) is 0 Å². The summed E-state index contributed by atoms with van der Waals surface area (Å²) in [5, 5.41) is 28.5. The van der Waals surface area contributed by atoms with Crippen molar-refractivity contribution in [2.24, 2.45) is 5.73 Å². The van der Waals surface area contributed by atoms with Gasteiger partial charge in [-0.15, -0.1) is 20.2 Å². The number of nitrogens with zero attached hydrogens (tertiary/aromatic N) is 3. The van der Waals surface area contributed by atoms with E-state index >= 15 is 0 Å². The van der Waals surface area contributed by atoms with Crippen molar-refractivity contribution >= 4 is 11.8 Å². The number of ether oxygens (including phenoxy) is 1. The normalized spacial score (nSPS) is 15.8. The third-order valence-electron chi connectivity index (χ3n) is 4.43. The number of aliphatic hydroxyl groups is 1. The summed E-state index contributed by atoms with van der Waals surface area (Å²) in [5.74, 6) is -1.43. The zero-order valence-electron chi connectivity index (χ0n) is 16.5. The van der Waals surface area contributed by atoms with E-state index in [1.165, 1.54) is 18.2 Å². The van der Waals surface area contributed by atoms with Crippen LogP contribution < -0.4 is 10.5 Å². The molecule has 3 unspecified atom stereocenters. The molecule has 0 bridgehead atoms. The van der Waals surface area contributed by atoms with E-state index in [-0.39, 0.29) is 16.9 Å². The number of rotatable bonds is 13. The largest absolute Gasteiger partial charge is 0.473 e. The maximum Gasteiger partial charge on any atom is 0.294 e. The standard InChI is InChI=1S/C17H22N4O10/c1-2-3-4-14(22)15(18)30-10-5-6-12-13(7-10)17(24)19(16(12)23)8-11(31-21(27)28)9-29-20(25)26/h5-7,11,14-15,22H,2-4,8-9,18H2,1H3. The van der Waals surface area contributed by atoms with Crippen LogP contribution in [0, 0.1) is 20.2 Å². The lowest BCUT2D eigenvalue weighted by Gasteiger charge is -2.20. The van der Waals surface area contributed by atoms with Crippen molar-refractivity contribution in [2.45, 2.75) is 44.6 Å². The van der Waals surface area contributed by atoms with Crippen molar-refractivity contribution < 1.29 is 39.3 Å². The van der Waals surface area contributed by atoms with E-state index in [2.05, 4.69) is 9.68 Å². The van der Waals surface area contributed by atoms with Gasteiger partial charge in [-0.2, -0.15) is 0 Å². The van der Waals surface area contributed by atoms with Crippen LogP contribution in [0.25, 0.3) is 0 Å². The van der Waals surface area contributed by atoms with Gasteiger partial charge in [-0.1, -0.05) is 19.8 Å². The molecule has 1 aliphatic heterocycles. The second-order valence-electron chi connectivity index (χ2n) is 6.69. The summed E-state index contributed by atoms with van der Waals surface area (Å²) in [4.78, 5) is 55.1. The van der Waals surface area contributed by atoms with Gasteiger partial charge in [-0.05, 0) is 24.6 Å². The molecule has 0 aliphatic carbocycles. The zero-order chi connectivity index (χ0) is 23.1. The Morgan fingerprint density at radius 1 is 1.16 bits per heavy atom. The van der Waals surface area contributed by atoms with Gasteiger partial charge >= 0.3 is 0 Å². The monoisotopic (exact) mass is 442 g/mol. The molecule has 2 amide bonds. The van der Waals surface area contributed by atoms with E-state index in [0.717, 1.165) is 12.8 Å². The van der Waals surface area contributed by atoms with Gasteiger partial charge in [0.25, 0.3) is 22.0 Å². The molecule has 14 nitrogen and oxygen atoms in total. The third kappa shape index (κ3) is 6.23. The summed E-state index contributed by atoms with van der Waals surface area (Å²) in [6.07, 6.45) is -1.51. The zero-order valence-corrected chi connectivity index (χ0v) is 16.5. The third-order valence-corrected chi connectivity index (χ3v) is 4.43. The van der Waals surface area contributed by atoms with E-state index in [1.54, 1.807) is 0 Å². The van der Waals surface area contributed by atoms with Crippen LogP contribution in [0.15, 0.2) is 18.2 Å². The number of unbranched alkanes of at least 4 members (excludes halogenated alkanes) is 1. The number of nitrogens with two attached hydrogens (primary N) is 1. The number of hydrogen-bond donors (Lipinski definition) is 2. The maximum atomic E-state index is 12.6. The summed E-state index contributed by atoms with van der Waals surface area (Å²) >= 11 is 0. The quantitative estimate of drug-likeness (QED) is 0.184. The Kier molecular flexibility index (Phi) is 8.04. The summed E-state index contributed by atoms with van der Waals surface area (Å²) in [7, 11) is 0. The predicted octanol–water partition coefficient (Wildman–Crippen LogP) is 0.283. The fourth-order valence-electron chi connectivity index (χ4n) is 2.91. The molecule has 170 valence electrons. The number of carbonyl (C=O) groups is 2. The van der Waals surface area contributed by atoms with Crippen LogP contribution in [0.1, 0.15) is 46.9 Å². The second kappa shape index (κ2) is 10.5. The fourth-order valence-corrected chi connectivity index (χ4v) is 2.91. The van der Waals surface area contributed by atoms with Crippen molar-refractivity contribution in [1.82, 2.24) is 4.90 Å². The second-order valence-corrected chi connectivity index (χ2v) is 6.69. The summed E-state index contributed by atoms with van der Waals surface area (Å²) < 4.78 is 5.45. The first-order valence-corrected chi connectivity index (χ1v) is 9.33. The molecule has 3 atom stereocenters. The van der Waals surface area contributed by atoms with E-state index in [4.69, 9.17) is 10.5 Å². The molecule has 0 fully saturated rings. The van der Waals surface area contributed by atoms with Crippen molar-refractivity contribution in [3.63, 3.8) is 0 Å². The van der Waals surface area contributed by atoms with Crippen molar-refractivity contribution in [3.8, 4) is 5.75 Å². The van der Waals surface area contributed by atoms with Crippen LogP contribution in [0.2, 0.25) is 0 Å². The van der Waals surface area contributed by atoms with Gasteiger partial charge in [-0.3, -0.25) is 20.2 Å². The molecule has 0 spiro atoms. The molecule has 1 aromatic carbocycles. The van der Waals surface area contributed by atoms with Gasteiger partial charge in [-0.25, -0.2) is 0 Å². The topological polar surface area (TPSA) is 198 Å². The number of aliphatic hydroxyl groups excluding tert-OH is 1. The Morgan fingerprint density at radius 2 is 1.84 bits per heavy atom. The summed E-state index contributed by atoms with van der Waals surface area (Å²) in [6.45, 7) is 0.450. The molecule has 14 heteroatoms. The van der Waals surface area contributed by atoms with Crippen molar-refractivity contribution in [1.29, 1.82) is 0 Å². The number of amides is 2. The SMILES string of the molecule is CCCCC(O)C(N)Oc1ccc2c(c1)C(=O)N(CC(CO[N+](=O)[O-])O[N+](=O)[O-])C2=O. The fraction of sp³-hybridized carbons (Fsp3) is 0.529. The Labute approximate surface area is 175 Å². The molecule has 0 saturated heterocycles. The highest BCUT2D eigenvalue weighted by molar-refractivity contribution is 6.21. The molecule has 2 rings (SSSR count). The highest BCUT2D eigenvalue weighted by atomic mass is 17.0. The first-order valence-electron chi connectivity index (χ1n) is 9.33. The van der Waals surface area contributed by atoms with Gasteiger partial charge in [0, 0.05) is 0 Å². The van der Waals surface area contributed by atoms with Crippen LogP contribution >= 0.6 is 0 Å². The average Bonchev–Trinajstić information content (AvgIpc) is 2.94. The summed E-state index contributed by atoms with van der Waals surface area (Å²) in [6, 6.07) is 3.96. The minimum Gasteiger partial charge on any atom is -0.473 e. The van der Waals surface area contributed by atoms with Gasteiger partial charge < -0.3 is 19.5 Å². The van der Waals surface area contributed by atoms with Crippen LogP contribution in [-0.4, -0.2) is 63.6 Å². The molecule has 3 N–H and O–H groups in total. The number of imide groups is 1. The lowest BCUT2D eigenvalue weighted by atomic mass is 10.1. The molecule has 1 aromatic rings. The van der Waals surface area contributed by atoms with Crippen molar-refractivity contribution in [2.75, 3.05) is 13.2 Å². The van der Waals surface area contributed by atoms with E-state index in [1.807, 2.05) is 6.92 Å². The van der Waals surface area contributed by atoms with E-state index in [0.29, 0.717) is 11.3 Å². The minimum atomic E-state index is -1.57. The van der Waals surface area contributed by atoms with Crippen LogP contribution in [0.4, 0.5) is 0 Å². The first-order chi connectivity index (χ1) is 14.6. The predicted molar refractivity (Wildman–Crippen MR) is 101 cm³/mol. The molecular weight excluding hydrogens is 420 g/mol. The molecule has 31 heavy (non-hydrogen) atoms.